The quantitative estimate of drug-likeness (QED) is 0.487. The van der Waals surface area contributed by atoms with E-state index in [1.807, 2.05) is 41.5 Å². The van der Waals surface area contributed by atoms with Gasteiger partial charge in [-0.15, -0.1) is 0 Å². The average Bonchev–Trinajstić information content (AvgIpc) is 1.59. The van der Waals surface area contributed by atoms with Gasteiger partial charge in [0.05, 0.1) is 7.80 Å². The minimum Gasteiger partial charge on any atom is -0.326 e. The van der Waals surface area contributed by atoms with Crippen molar-refractivity contribution in [2.75, 3.05) is 0 Å². The van der Waals surface area contributed by atoms with Gasteiger partial charge in [-0.1, -0.05) is 41.5 Å². The molecule has 0 heterocycles. The summed E-state index contributed by atoms with van der Waals surface area (Å²) in [5.74, 6) is 0. The van der Waals surface area contributed by atoms with Gasteiger partial charge in [0.1, 0.15) is 0 Å². The van der Waals surface area contributed by atoms with Gasteiger partial charge in [-0.25, -0.2) is 0 Å². The van der Waals surface area contributed by atoms with Gasteiger partial charge in [0.15, 0.2) is 0 Å². The van der Waals surface area contributed by atoms with Crippen LogP contribution in [0.4, 0.5) is 0 Å². The fraction of sp³-hybridized carbons (Fsp3) is 1.00. The average molecular weight is 269 g/mol. The van der Waals surface area contributed by atoms with Crippen LogP contribution in [-0.2, 0) is 25.0 Å². The first-order chi connectivity index (χ1) is 4.15. The molecule has 0 aliphatic rings. The summed E-state index contributed by atoms with van der Waals surface area (Å²) in [6, 6.07) is 0. The molecule has 0 fully saturated rings. The number of hydrogen-bond acceptors (Lipinski definition) is 1. The van der Waals surface area contributed by atoms with Crippen molar-refractivity contribution in [3.05, 3.63) is 0 Å². The first-order valence-electron chi connectivity index (χ1n) is 3.70. The molecule has 0 aliphatic heterocycles. The van der Waals surface area contributed by atoms with E-state index in [0.717, 1.165) is 0 Å². The molecule has 0 atom stereocenters. The van der Waals surface area contributed by atoms with Crippen LogP contribution in [0.1, 0.15) is 41.5 Å². The van der Waals surface area contributed by atoms with Crippen molar-refractivity contribution in [3.8, 4) is 0 Å². The van der Waals surface area contributed by atoms with Gasteiger partial charge < -0.3 is 4.57 Å². The van der Waals surface area contributed by atoms with Gasteiger partial charge in [-0.05, 0) is 0 Å². The van der Waals surface area contributed by atoms with Crippen LogP contribution in [-0.4, -0.2) is 10.3 Å². The van der Waals surface area contributed by atoms with E-state index in [2.05, 4.69) is 0 Å². The van der Waals surface area contributed by atoms with Crippen LogP contribution in [0.15, 0.2) is 0 Å². The summed E-state index contributed by atoms with van der Waals surface area (Å²) in [6.07, 6.45) is 0. The third-order valence-corrected chi connectivity index (χ3v) is 4.09. The minimum absolute atomic E-state index is 0. The summed E-state index contributed by atoms with van der Waals surface area (Å²) in [4.78, 5) is 0. The zero-order valence-corrected chi connectivity index (χ0v) is 10.8. The molecule has 11 heavy (non-hydrogen) atoms. The van der Waals surface area contributed by atoms with Gasteiger partial charge in [0, 0.05) is 30.7 Å². The van der Waals surface area contributed by atoms with Crippen LogP contribution in [0.5, 0.6) is 0 Å². The summed E-state index contributed by atoms with van der Waals surface area (Å²) in [7, 11) is -1.47. The van der Waals surface area contributed by atoms with Crippen LogP contribution in [0, 0.1) is 0 Å². The second-order valence-corrected chi connectivity index (χ2v) is 8.49. The normalized spacial score (nSPS) is 13.0. The monoisotopic (exact) mass is 268 g/mol. The molecule has 0 aromatic carbocycles. The molecular formula is C8H19OPPd. The van der Waals surface area contributed by atoms with E-state index >= 15 is 0 Å². The predicted molar refractivity (Wildman–Crippen MR) is 48.5 cm³/mol. The van der Waals surface area contributed by atoms with Gasteiger partial charge in [-0.3, -0.25) is 0 Å². The topological polar surface area (TPSA) is 17.1 Å². The Balaban J connectivity index is 0. The molecular weight excluding hydrogens is 249 g/mol. The molecule has 3 heteroatoms. The van der Waals surface area contributed by atoms with E-state index < -0.39 is 7.80 Å². The molecule has 0 N–H and O–H groups in total. The van der Waals surface area contributed by atoms with Crippen LogP contribution < -0.4 is 0 Å². The van der Waals surface area contributed by atoms with Gasteiger partial charge in [-0.2, -0.15) is 0 Å². The van der Waals surface area contributed by atoms with Crippen molar-refractivity contribution >= 4 is 7.80 Å². The molecule has 0 spiro atoms. The molecule has 1 nitrogen and oxygen atoms in total. The molecule has 0 saturated carbocycles. The molecule has 0 amide bonds. The van der Waals surface area contributed by atoms with Gasteiger partial charge in [0.25, 0.3) is 0 Å². The third-order valence-electron chi connectivity index (χ3n) is 1.36. The van der Waals surface area contributed by atoms with E-state index in [4.69, 9.17) is 0 Å². The van der Waals surface area contributed by atoms with Crippen LogP contribution >= 0.6 is 7.80 Å². The fourth-order valence-electron chi connectivity index (χ4n) is 1.12. The van der Waals surface area contributed by atoms with Gasteiger partial charge in [0.2, 0.25) is 0 Å². The van der Waals surface area contributed by atoms with Crippen molar-refractivity contribution < 1.29 is 25.0 Å². The van der Waals surface area contributed by atoms with Crippen molar-refractivity contribution in [1.82, 2.24) is 0 Å². The first-order valence-corrected chi connectivity index (χ1v) is 5.11. The molecule has 0 aliphatic carbocycles. The second-order valence-electron chi connectivity index (χ2n) is 4.83. The Morgan fingerprint density at radius 2 is 1.00 bits per heavy atom. The zero-order chi connectivity index (χ0) is 8.58. The summed E-state index contributed by atoms with van der Waals surface area (Å²) in [6.45, 7) is 12.2. The molecule has 0 unspecified atom stereocenters. The molecule has 0 bridgehead atoms. The van der Waals surface area contributed by atoms with Crippen molar-refractivity contribution in [2.24, 2.45) is 0 Å². The van der Waals surface area contributed by atoms with Crippen LogP contribution in [0.3, 0.4) is 0 Å². The van der Waals surface area contributed by atoms with Crippen LogP contribution in [0.2, 0.25) is 0 Å². The maximum Gasteiger partial charge on any atom is 0.0862 e. The van der Waals surface area contributed by atoms with Crippen molar-refractivity contribution in [3.63, 3.8) is 0 Å². The van der Waals surface area contributed by atoms with Crippen LogP contribution in [0.25, 0.3) is 0 Å². The summed E-state index contributed by atoms with van der Waals surface area (Å²) >= 11 is 0. The predicted octanol–water partition coefficient (Wildman–Crippen LogP) is 3.14. The van der Waals surface area contributed by atoms with E-state index in [0.29, 0.717) is 0 Å². The summed E-state index contributed by atoms with van der Waals surface area (Å²) in [5.41, 5.74) is 0. The Morgan fingerprint density at radius 1 is 0.818 bits per heavy atom. The third kappa shape index (κ3) is 5.18. The summed E-state index contributed by atoms with van der Waals surface area (Å²) < 4.78 is 11.7. The minimum atomic E-state index is -1.47. The van der Waals surface area contributed by atoms with Gasteiger partial charge >= 0.3 is 0 Å². The SMILES string of the molecule is CC(C)(C)[PH](=O)C(C)(C)C.[Pd]. The Morgan fingerprint density at radius 3 is 1.00 bits per heavy atom. The van der Waals surface area contributed by atoms with E-state index in [9.17, 15) is 4.57 Å². The number of rotatable bonds is 0. The Labute approximate surface area is 84.8 Å². The van der Waals surface area contributed by atoms with Crippen molar-refractivity contribution in [2.45, 2.75) is 51.9 Å². The smallest absolute Gasteiger partial charge is 0.0862 e. The largest absolute Gasteiger partial charge is 0.326 e. The van der Waals surface area contributed by atoms with E-state index in [1.54, 1.807) is 0 Å². The van der Waals surface area contributed by atoms with E-state index in [1.165, 1.54) is 0 Å². The zero-order valence-electron chi connectivity index (χ0n) is 8.22. The van der Waals surface area contributed by atoms with E-state index in [-0.39, 0.29) is 30.7 Å². The summed E-state index contributed by atoms with van der Waals surface area (Å²) in [5, 5.41) is -0.0220. The standard InChI is InChI=1S/C8H19OP.Pd/c1-7(2,3)10(9)8(4,5)6;/h10H,1-6H3;. The Bertz CT molecular complexity index is 125. The second kappa shape index (κ2) is 4.22. The molecule has 0 radical (unpaired) electrons. The molecule has 72 valence electrons. The fourth-order valence-corrected chi connectivity index (χ4v) is 3.38. The maximum atomic E-state index is 11.7. The van der Waals surface area contributed by atoms with Crippen molar-refractivity contribution in [1.29, 1.82) is 0 Å². The number of hydrogen-bond donors (Lipinski definition) is 0. The molecule has 0 saturated heterocycles. The molecule has 0 aromatic rings. The Hall–Kier alpha value is 0.892. The first kappa shape index (κ1) is 14.4. The molecule has 0 rings (SSSR count). The molecule has 0 aromatic heterocycles. The Kier molecular flexibility index (Phi) is 5.53. The maximum absolute atomic E-state index is 11.7.